The lowest BCUT2D eigenvalue weighted by Crippen LogP contribution is -2.37. The number of rotatable bonds is 6. The minimum atomic E-state index is 0.693. The van der Waals surface area contributed by atoms with Crippen molar-refractivity contribution in [3.8, 4) is 0 Å². The number of hydrogen-bond donors (Lipinski definition) is 1. The van der Waals surface area contributed by atoms with E-state index in [1.165, 1.54) is 30.7 Å². The van der Waals surface area contributed by atoms with Crippen LogP contribution in [0, 0.1) is 0 Å². The Kier molecular flexibility index (Phi) is 6.63. The molecule has 0 bridgehead atoms. The molecule has 2 aromatic rings. The molecule has 0 aliphatic carbocycles. The molecule has 0 amide bonds. The van der Waals surface area contributed by atoms with Crippen LogP contribution >= 0.6 is 0 Å². The van der Waals surface area contributed by atoms with Gasteiger partial charge in [-0.3, -0.25) is 0 Å². The zero-order valence-electron chi connectivity index (χ0n) is 16.0. The number of aryl methyl sites for hydroxylation is 2. The zero-order chi connectivity index (χ0) is 18.2. The number of aliphatic imine (C=N–C) groups is 1. The van der Waals surface area contributed by atoms with Gasteiger partial charge in [-0.1, -0.05) is 36.8 Å². The Morgan fingerprint density at radius 1 is 1.15 bits per heavy atom. The molecule has 0 saturated heterocycles. The summed E-state index contributed by atoms with van der Waals surface area (Å²) in [6, 6.07) is 10.3. The quantitative estimate of drug-likeness (QED) is 0.492. The van der Waals surface area contributed by atoms with Gasteiger partial charge in [-0.2, -0.15) is 0 Å². The van der Waals surface area contributed by atoms with Crippen molar-refractivity contribution in [3.05, 3.63) is 47.5 Å². The number of aromatic nitrogens is 3. The van der Waals surface area contributed by atoms with Crippen molar-refractivity contribution >= 4 is 5.96 Å². The zero-order valence-corrected chi connectivity index (χ0v) is 16.0. The van der Waals surface area contributed by atoms with E-state index in [0.717, 1.165) is 44.1 Å². The fourth-order valence-corrected chi connectivity index (χ4v) is 3.28. The largest absolute Gasteiger partial charge is 0.356 e. The lowest BCUT2D eigenvalue weighted by atomic mass is 10.2. The van der Waals surface area contributed by atoms with E-state index >= 15 is 0 Å². The summed E-state index contributed by atoms with van der Waals surface area (Å²) in [5.74, 6) is 3.23. The summed E-state index contributed by atoms with van der Waals surface area (Å²) < 4.78 is 2.34. The first-order chi connectivity index (χ1) is 12.7. The summed E-state index contributed by atoms with van der Waals surface area (Å²) >= 11 is 0. The van der Waals surface area contributed by atoms with Gasteiger partial charge in [0.1, 0.15) is 11.6 Å². The molecule has 26 heavy (non-hydrogen) atoms. The van der Waals surface area contributed by atoms with Crippen LogP contribution in [0.1, 0.15) is 42.9 Å². The Morgan fingerprint density at radius 2 is 2.00 bits per heavy atom. The van der Waals surface area contributed by atoms with Crippen LogP contribution in [-0.2, 0) is 25.9 Å². The van der Waals surface area contributed by atoms with E-state index in [9.17, 15) is 0 Å². The highest BCUT2D eigenvalue weighted by molar-refractivity contribution is 5.79. The molecule has 0 saturated carbocycles. The van der Waals surface area contributed by atoms with Crippen LogP contribution in [0.15, 0.2) is 35.3 Å². The third kappa shape index (κ3) is 5.07. The standard InChI is InChI=1S/C20H30N6/c1-25(2)20(22-16-17-10-5-3-6-11-17)21-14-9-13-19-24-23-18-12-7-4-8-15-26(18)19/h3,5-6,10-11H,4,7-9,12-16H2,1-2H3,(H,21,22). The van der Waals surface area contributed by atoms with Crippen molar-refractivity contribution in [2.75, 3.05) is 20.6 Å². The average molecular weight is 355 g/mol. The van der Waals surface area contributed by atoms with Crippen LogP contribution in [0.25, 0.3) is 0 Å². The molecule has 6 heteroatoms. The highest BCUT2D eigenvalue weighted by Gasteiger charge is 2.14. The van der Waals surface area contributed by atoms with Gasteiger partial charge in [0.2, 0.25) is 0 Å². The molecule has 1 aromatic carbocycles. The third-order valence-corrected chi connectivity index (χ3v) is 4.72. The third-order valence-electron chi connectivity index (χ3n) is 4.72. The summed E-state index contributed by atoms with van der Waals surface area (Å²) in [5, 5.41) is 12.3. The summed E-state index contributed by atoms with van der Waals surface area (Å²) in [6.07, 6.45) is 6.84. The lowest BCUT2D eigenvalue weighted by Gasteiger charge is -2.17. The fourth-order valence-electron chi connectivity index (χ4n) is 3.28. The van der Waals surface area contributed by atoms with E-state index in [0.29, 0.717) is 6.54 Å². The first-order valence-corrected chi connectivity index (χ1v) is 9.64. The Hall–Kier alpha value is -2.37. The minimum absolute atomic E-state index is 0.693. The number of guanidine groups is 1. The van der Waals surface area contributed by atoms with E-state index in [2.05, 4.69) is 44.3 Å². The Bertz CT molecular complexity index is 704. The lowest BCUT2D eigenvalue weighted by molar-refractivity contribution is 0.565. The number of benzene rings is 1. The van der Waals surface area contributed by atoms with Crippen LogP contribution in [0.5, 0.6) is 0 Å². The Labute approximate surface area is 156 Å². The maximum absolute atomic E-state index is 4.71. The van der Waals surface area contributed by atoms with Gasteiger partial charge in [-0.25, -0.2) is 4.99 Å². The van der Waals surface area contributed by atoms with Gasteiger partial charge < -0.3 is 14.8 Å². The second kappa shape index (κ2) is 9.36. The van der Waals surface area contributed by atoms with Gasteiger partial charge in [-0.15, -0.1) is 10.2 Å². The molecule has 2 heterocycles. The van der Waals surface area contributed by atoms with Gasteiger partial charge in [0.05, 0.1) is 6.54 Å². The van der Waals surface area contributed by atoms with Gasteiger partial charge in [0.25, 0.3) is 0 Å². The second-order valence-corrected chi connectivity index (χ2v) is 7.04. The van der Waals surface area contributed by atoms with Gasteiger partial charge in [0.15, 0.2) is 5.96 Å². The summed E-state index contributed by atoms with van der Waals surface area (Å²) in [4.78, 5) is 6.74. The van der Waals surface area contributed by atoms with Crippen molar-refractivity contribution in [2.24, 2.45) is 4.99 Å². The maximum Gasteiger partial charge on any atom is 0.193 e. The topological polar surface area (TPSA) is 58.3 Å². The van der Waals surface area contributed by atoms with Crippen molar-refractivity contribution in [1.82, 2.24) is 25.0 Å². The molecule has 1 N–H and O–H groups in total. The summed E-state index contributed by atoms with van der Waals surface area (Å²) in [6.45, 7) is 2.65. The van der Waals surface area contributed by atoms with Gasteiger partial charge >= 0.3 is 0 Å². The van der Waals surface area contributed by atoms with Gasteiger partial charge in [-0.05, 0) is 24.8 Å². The number of fused-ring (bicyclic) bond motifs is 1. The number of nitrogens with zero attached hydrogens (tertiary/aromatic N) is 5. The van der Waals surface area contributed by atoms with Crippen molar-refractivity contribution < 1.29 is 0 Å². The Balaban J connectivity index is 1.49. The Morgan fingerprint density at radius 3 is 2.81 bits per heavy atom. The van der Waals surface area contributed by atoms with Crippen LogP contribution in [0.3, 0.4) is 0 Å². The van der Waals surface area contributed by atoms with E-state index in [1.807, 2.05) is 25.1 Å². The van der Waals surface area contributed by atoms with E-state index in [1.54, 1.807) is 0 Å². The molecule has 3 rings (SSSR count). The molecule has 0 fully saturated rings. The molecule has 0 radical (unpaired) electrons. The fraction of sp³-hybridized carbons (Fsp3) is 0.550. The molecule has 0 spiro atoms. The SMILES string of the molecule is CN(C)C(=NCc1ccccc1)NCCCc1nnc2n1CCCCC2. The smallest absolute Gasteiger partial charge is 0.193 e. The molecule has 1 aliphatic heterocycles. The maximum atomic E-state index is 4.71. The molecule has 6 nitrogen and oxygen atoms in total. The summed E-state index contributed by atoms with van der Waals surface area (Å²) in [5.41, 5.74) is 1.22. The van der Waals surface area contributed by atoms with Crippen LogP contribution < -0.4 is 5.32 Å². The first kappa shape index (κ1) is 18.4. The van der Waals surface area contributed by atoms with Gasteiger partial charge in [0, 0.05) is 40.0 Å². The average Bonchev–Trinajstić information content (AvgIpc) is 2.88. The van der Waals surface area contributed by atoms with E-state index in [4.69, 9.17) is 4.99 Å². The second-order valence-electron chi connectivity index (χ2n) is 7.04. The first-order valence-electron chi connectivity index (χ1n) is 9.64. The van der Waals surface area contributed by atoms with Crippen molar-refractivity contribution in [2.45, 2.75) is 51.6 Å². The molecular weight excluding hydrogens is 324 g/mol. The minimum Gasteiger partial charge on any atom is -0.356 e. The van der Waals surface area contributed by atoms with Crippen molar-refractivity contribution in [3.63, 3.8) is 0 Å². The van der Waals surface area contributed by atoms with Crippen LogP contribution in [0.2, 0.25) is 0 Å². The molecule has 1 aliphatic rings. The monoisotopic (exact) mass is 354 g/mol. The van der Waals surface area contributed by atoms with E-state index in [-0.39, 0.29) is 0 Å². The summed E-state index contributed by atoms with van der Waals surface area (Å²) in [7, 11) is 4.05. The number of hydrogen-bond acceptors (Lipinski definition) is 3. The van der Waals surface area contributed by atoms with Crippen LogP contribution in [-0.4, -0.2) is 46.3 Å². The highest BCUT2D eigenvalue weighted by Crippen LogP contribution is 2.15. The predicted molar refractivity (Wildman–Crippen MR) is 105 cm³/mol. The molecule has 0 atom stereocenters. The van der Waals surface area contributed by atoms with E-state index < -0.39 is 0 Å². The highest BCUT2D eigenvalue weighted by atomic mass is 15.3. The molecular formula is C20H30N6. The van der Waals surface area contributed by atoms with Crippen molar-refractivity contribution in [1.29, 1.82) is 0 Å². The predicted octanol–water partition coefficient (Wildman–Crippen LogP) is 2.64. The number of nitrogens with one attached hydrogen (secondary N) is 1. The van der Waals surface area contributed by atoms with Crippen LogP contribution in [0.4, 0.5) is 0 Å². The molecule has 140 valence electrons. The molecule has 1 aromatic heterocycles. The normalized spacial score (nSPS) is 14.6. The molecule has 0 unspecified atom stereocenters.